The lowest BCUT2D eigenvalue weighted by atomic mass is 10.1. The monoisotopic (exact) mass is 532 g/mol. The average Bonchev–Trinajstić information content (AvgIpc) is 2.93. The van der Waals surface area contributed by atoms with Gasteiger partial charge >= 0.3 is 0 Å². The molecule has 2 aromatic heterocycles. The van der Waals surface area contributed by atoms with Gasteiger partial charge in [0.15, 0.2) is 0 Å². The number of amides is 1. The zero-order chi connectivity index (χ0) is 26.8. The Bertz CT molecular complexity index is 1380. The van der Waals surface area contributed by atoms with Crippen LogP contribution in [0, 0.1) is 11.3 Å². The molecule has 0 bridgehead atoms. The van der Waals surface area contributed by atoms with Gasteiger partial charge in [0, 0.05) is 50.0 Å². The van der Waals surface area contributed by atoms with Crippen LogP contribution >= 0.6 is 11.6 Å². The van der Waals surface area contributed by atoms with Crippen LogP contribution in [0.4, 0.5) is 17.6 Å². The van der Waals surface area contributed by atoms with Crippen LogP contribution in [0.2, 0.25) is 5.02 Å². The third-order valence-corrected chi connectivity index (χ3v) is 7.24. The molecule has 0 radical (unpaired) electrons. The smallest absolute Gasteiger partial charge is 0.250 e. The van der Waals surface area contributed by atoms with Gasteiger partial charge in [-0.15, -0.1) is 0 Å². The van der Waals surface area contributed by atoms with Gasteiger partial charge < -0.3 is 25.2 Å². The summed E-state index contributed by atoms with van der Waals surface area (Å²) in [6.07, 6.45) is 1.46. The summed E-state index contributed by atoms with van der Waals surface area (Å²) in [5.74, 6) is 1.57. The minimum absolute atomic E-state index is 0.0936. The largest absolute Gasteiger partial charge is 0.377 e. The highest BCUT2D eigenvalue weighted by Gasteiger charge is 2.29. The van der Waals surface area contributed by atoms with Crippen LogP contribution in [0.5, 0.6) is 0 Å². The lowest BCUT2D eigenvalue weighted by Gasteiger charge is -2.42. The number of pyridine rings is 1. The molecule has 0 spiro atoms. The van der Waals surface area contributed by atoms with Gasteiger partial charge in [0.2, 0.25) is 11.9 Å². The number of halogens is 1. The number of piperazine rings is 1. The number of rotatable bonds is 5. The molecule has 2 fully saturated rings. The van der Waals surface area contributed by atoms with Crippen LogP contribution < -0.4 is 20.4 Å². The Morgan fingerprint density at radius 2 is 1.89 bits per heavy atom. The molecule has 4 heterocycles. The van der Waals surface area contributed by atoms with Crippen LogP contribution in [0.25, 0.3) is 11.3 Å². The fraction of sp³-hybridized carbons (Fsp3) is 0.370. The number of carbonyl (C=O) groups excluding carboxylic acids is 1. The fourth-order valence-electron chi connectivity index (χ4n) is 4.87. The Morgan fingerprint density at radius 1 is 1.11 bits per heavy atom. The number of nitriles is 1. The molecule has 5 rings (SSSR count). The summed E-state index contributed by atoms with van der Waals surface area (Å²) in [6, 6.07) is 13.4. The number of aromatic nitrogens is 3. The minimum Gasteiger partial charge on any atom is -0.377 e. The van der Waals surface area contributed by atoms with Crippen LogP contribution in [0.15, 0.2) is 42.6 Å². The van der Waals surface area contributed by atoms with Crippen molar-refractivity contribution in [3.05, 3.63) is 58.7 Å². The normalized spacial score (nSPS) is 19.8. The van der Waals surface area contributed by atoms with Crippen molar-refractivity contribution in [1.82, 2.24) is 15.0 Å². The van der Waals surface area contributed by atoms with Crippen molar-refractivity contribution >= 4 is 35.1 Å². The van der Waals surface area contributed by atoms with E-state index in [1.807, 2.05) is 18.2 Å². The predicted molar refractivity (Wildman–Crippen MR) is 147 cm³/mol. The maximum Gasteiger partial charge on any atom is 0.250 e. The number of carbonyl (C=O) groups is 1. The summed E-state index contributed by atoms with van der Waals surface area (Å²) in [4.78, 5) is 32.4. The highest BCUT2D eigenvalue weighted by Crippen LogP contribution is 2.31. The first-order chi connectivity index (χ1) is 18.3. The zero-order valence-corrected chi connectivity index (χ0v) is 22.1. The number of benzene rings is 1. The molecule has 1 amide bonds. The van der Waals surface area contributed by atoms with Crippen molar-refractivity contribution in [1.29, 1.82) is 5.26 Å². The number of morpholine rings is 1. The second-order valence-electron chi connectivity index (χ2n) is 9.60. The molecule has 2 N–H and O–H groups in total. The van der Waals surface area contributed by atoms with Gasteiger partial charge in [0.05, 0.1) is 47.2 Å². The van der Waals surface area contributed by atoms with Crippen molar-refractivity contribution in [3.8, 4) is 17.3 Å². The van der Waals surface area contributed by atoms with Gasteiger partial charge in [-0.05, 0) is 32.0 Å². The Hall–Kier alpha value is -3.94. The van der Waals surface area contributed by atoms with Crippen LogP contribution in [0.3, 0.4) is 0 Å². The van der Waals surface area contributed by atoms with E-state index < -0.39 is 5.91 Å². The van der Waals surface area contributed by atoms with Crippen molar-refractivity contribution in [2.75, 3.05) is 54.1 Å². The standard InChI is InChI=1S/C27H29ClN8O2/c1-17-15-34(26-22(28)11-21(14-31-26)25(30)37)7-8-35(17)24-12-23(20-5-3-19(13-29)4-6-20)32-27(33-24)36-9-10-38-16-18(36)2/h3-6,11-12,14,17-18H,7-10,15-16H2,1-2H3,(H2,30,37)/t17-,18+/m1/s1. The van der Waals surface area contributed by atoms with Gasteiger partial charge in [-0.1, -0.05) is 23.7 Å². The van der Waals surface area contributed by atoms with Gasteiger partial charge in [-0.2, -0.15) is 10.2 Å². The van der Waals surface area contributed by atoms with E-state index in [0.29, 0.717) is 61.7 Å². The van der Waals surface area contributed by atoms with Crippen molar-refractivity contribution in [2.45, 2.75) is 25.9 Å². The molecule has 10 nitrogen and oxygen atoms in total. The molecule has 0 unspecified atom stereocenters. The quantitative estimate of drug-likeness (QED) is 0.527. The molecule has 0 saturated carbocycles. The maximum absolute atomic E-state index is 11.5. The van der Waals surface area contributed by atoms with Gasteiger partial charge in [-0.25, -0.2) is 9.97 Å². The second-order valence-corrected chi connectivity index (χ2v) is 10.0. The van der Waals surface area contributed by atoms with E-state index in [1.165, 1.54) is 6.20 Å². The fourth-order valence-corrected chi connectivity index (χ4v) is 5.16. The summed E-state index contributed by atoms with van der Waals surface area (Å²) in [6.45, 7) is 8.24. The van der Waals surface area contributed by atoms with Crippen molar-refractivity contribution in [3.63, 3.8) is 0 Å². The minimum atomic E-state index is -0.559. The maximum atomic E-state index is 11.5. The number of hydrogen-bond acceptors (Lipinski definition) is 9. The summed E-state index contributed by atoms with van der Waals surface area (Å²) in [5, 5.41) is 9.61. The van der Waals surface area contributed by atoms with E-state index in [-0.39, 0.29) is 17.6 Å². The summed E-state index contributed by atoms with van der Waals surface area (Å²) in [7, 11) is 0. The molecule has 1 aromatic carbocycles. The van der Waals surface area contributed by atoms with E-state index in [4.69, 9.17) is 32.0 Å². The summed E-state index contributed by atoms with van der Waals surface area (Å²) in [5.41, 5.74) is 7.97. The number of ether oxygens (including phenoxy) is 1. The van der Waals surface area contributed by atoms with E-state index in [9.17, 15) is 10.1 Å². The molecular formula is C27H29ClN8O2. The molecule has 196 valence electrons. The van der Waals surface area contributed by atoms with Crippen LogP contribution in [0.1, 0.15) is 29.8 Å². The average molecular weight is 533 g/mol. The molecule has 3 aromatic rings. The molecule has 0 aliphatic carbocycles. The second kappa shape index (κ2) is 10.8. The number of anilines is 3. The van der Waals surface area contributed by atoms with Gasteiger partial charge in [0.25, 0.3) is 0 Å². The molecule has 2 atom stereocenters. The van der Waals surface area contributed by atoms with Crippen molar-refractivity contribution in [2.24, 2.45) is 5.73 Å². The lowest BCUT2D eigenvalue weighted by molar-refractivity contribution is 0.0981. The first-order valence-corrected chi connectivity index (χ1v) is 12.9. The van der Waals surface area contributed by atoms with E-state index >= 15 is 0 Å². The van der Waals surface area contributed by atoms with E-state index in [0.717, 1.165) is 17.1 Å². The van der Waals surface area contributed by atoms with Crippen LogP contribution in [-0.2, 0) is 4.74 Å². The lowest BCUT2D eigenvalue weighted by Crippen LogP contribution is -2.53. The molecule has 2 saturated heterocycles. The summed E-state index contributed by atoms with van der Waals surface area (Å²) < 4.78 is 5.64. The highest BCUT2D eigenvalue weighted by atomic mass is 35.5. The SMILES string of the molecule is C[C@@H]1CN(c2ncc(C(N)=O)cc2Cl)CCN1c1cc(-c2ccc(C#N)cc2)nc(N2CCOC[C@@H]2C)n1. The Balaban J connectivity index is 1.45. The first kappa shape index (κ1) is 25.7. The number of nitrogens with zero attached hydrogens (tertiary/aromatic N) is 7. The topological polar surface area (TPSA) is 124 Å². The number of hydrogen-bond donors (Lipinski definition) is 1. The van der Waals surface area contributed by atoms with Gasteiger partial charge in [0.1, 0.15) is 11.6 Å². The summed E-state index contributed by atoms with van der Waals surface area (Å²) >= 11 is 6.46. The predicted octanol–water partition coefficient (Wildman–Crippen LogP) is 3.10. The van der Waals surface area contributed by atoms with Crippen LogP contribution in [-0.4, -0.2) is 72.3 Å². The number of primary amides is 1. The third-order valence-electron chi connectivity index (χ3n) is 6.96. The Morgan fingerprint density at radius 3 is 2.55 bits per heavy atom. The van der Waals surface area contributed by atoms with E-state index in [1.54, 1.807) is 18.2 Å². The van der Waals surface area contributed by atoms with E-state index in [2.05, 4.69) is 39.6 Å². The Labute approximate surface area is 226 Å². The highest BCUT2D eigenvalue weighted by molar-refractivity contribution is 6.33. The zero-order valence-electron chi connectivity index (χ0n) is 21.3. The molecule has 11 heteroatoms. The van der Waals surface area contributed by atoms with Crippen molar-refractivity contribution < 1.29 is 9.53 Å². The molecular weight excluding hydrogens is 504 g/mol. The molecule has 2 aliphatic heterocycles. The molecule has 2 aliphatic rings. The number of nitrogens with two attached hydrogens (primary N) is 1. The third kappa shape index (κ3) is 5.21. The molecule has 38 heavy (non-hydrogen) atoms. The first-order valence-electron chi connectivity index (χ1n) is 12.5. The van der Waals surface area contributed by atoms with Gasteiger partial charge in [-0.3, -0.25) is 4.79 Å². The Kier molecular flexibility index (Phi) is 7.31.